The minimum Gasteiger partial charge on any atom is -0.476 e. The Hall–Kier alpha value is -2.58. The Bertz CT molecular complexity index is 988. The van der Waals surface area contributed by atoms with Crippen LogP contribution in [0.3, 0.4) is 0 Å². The van der Waals surface area contributed by atoms with Gasteiger partial charge in [0.05, 0.1) is 12.2 Å². The van der Waals surface area contributed by atoms with E-state index in [0.29, 0.717) is 18.9 Å². The molecular formula is C27H35F3N2O3. The van der Waals surface area contributed by atoms with Crippen LogP contribution in [0.1, 0.15) is 48.6 Å². The summed E-state index contributed by atoms with van der Waals surface area (Å²) < 4.78 is 49.4. The average molecular weight is 493 g/mol. The fourth-order valence-electron chi connectivity index (χ4n) is 4.29. The van der Waals surface area contributed by atoms with Crippen molar-refractivity contribution < 1.29 is 27.4 Å². The van der Waals surface area contributed by atoms with Gasteiger partial charge in [-0.2, -0.15) is 13.2 Å². The first kappa shape index (κ1) is 27.0. The molecule has 8 heteroatoms. The fraction of sp³-hybridized carbons (Fsp3) is 0.519. The van der Waals surface area contributed by atoms with Gasteiger partial charge in [0, 0.05) is 39.3 Å². The van der Waals surface area contributed by atoms with Crippen molar-refractivity contribution in [3.05, 3.63) is 64.2 Å². The number of benzene rings is 2. The molecule has 1 saturated heterocycles. The first-order chi connectivity index (χ1) is 16.4. The van der Waals surface area contributed by atoms with E-state index in [2.05, 4.69) is 9.80 Å². The van der Waals surface area contributed by atoms with E-state index in [0.717, 1.165) is 61.5 Å². The summed E-state index contributed by atoms with van der Waals surface area (Å²) in [6.45, 7) is 14.5. The van der Waals surface area contributed by atoms with Crippen LogP contribution in [0.5, 0.6) is 5.75 Å². The number of esters is 1. The van der Waals surface area contributed by atoms with Crippen LogP contribution in [-0.2, 0) is 28.8 Å². The summed E-state index contributed by atoms with van der Waals surface area (Å²) in [6.07, 6.45) is -4.30. The van der Waals surface area contributed by atoms with Crippen molar-refractivity contribution in [1.82, 2.24) is 9.80 Å². The highest BCUT2D eigenvalue weighted by Gasteiger charge is 2.32. The molecular weight excluding hydrogens is 457 g/mol. The Kier molecular flexibility index (Phi) is 8.49. The van der Waals surface area contributed by atoms with Crippen molar-refractivity contribution in [3.63, 3.8) is 0 Å². The molecule has 35 heavy (non-hydrogen) atoms. The minimum atomic E-state index is -4.30. The summed E-state index contributed by atoms with van der Waals surface area (Å²) in [6, 6.07) is 9.36. The molecule has 5 nitrogen and oxygen atoms in total. The van der Waals surface area contributed by atoms with E-state index in [1.165, 1.54) is 5.56 Å². The third-order valence-corrected chi connectivity index (χ3v) is 6.34. The zero-order valence-corrected chi connectivity index (χ0v) is 21.2. The maximum absolute atomic E-state index is 12.8. The predicted octanol–water partition coefficient (Wildman–Crippen LogP) is 5.36. The molecule has 0 bridgehead atoms. The second-order valence-corrected chi connectivity index (χ2v) is 9.62. The highest BCUT2D eigenvalue weighted by molar-refractivity contribution is 5.79. The molecule has 0 unspecified atom stereocenters. The van der Waals surface area contributed by atoms with Gasteiger partial charge in [-0.3, -0.25) is 9.80 Å². The summed E-state index contributed by atoms with van der Waals surface area (Å²) in [4.78, 5) is 16.8. The maximum atomic E-state index is 12.8. The maximum Gasteiger partial charge on any atom is 0.416 e. The summed E-state index contributed by atoms with van der Waals surface area (Å²) in [7, 11) is 0. The van der Waals surface area contributed by atoms with Gasteiger partial charge in [0.1, 0.15) is 5.75 Å². The molecule has 0 aliphatic carbocycles. The molecule has 0 saturated carbocycles. The quantitative estimate of drug-likeness (QED) is 0.464. The molecule has 1 aliphatic rings. The predicted molar refractivity (Wildman–Crippen MR) is 129 cm³/mol. The lowest BCUT2D eigenvalue weighted by Crippen LogP contribution is -2.45. The molecule has 3 rings (SSSR count). The Morgan fingerprint density at radius 2 is 1.43 bits per heavy atom. The number of nitrogens with zero attached hydrogens (tertiary/aromatic N) is 2. The van der Waals surface area contributed by atoms with Crippen LogP contribution in [0.4, 0.5) is 13.2 Å². The summed E-state index contributed by atoms with van der Waals surface area (Å²) in [5, 5.41) is 0. The van der Waals surface area contributed by atoms with Crippen LogP contribution >= 0.6 is 0 Å². The molecule has 1 fully saturated rings. The minimum absolute atomic E-state index is 0.306. The molecule has 0 amide bonds. The largest absolute Gasteiger partial charge is 0.476 e. The number of rotatable bonds is 8. The number of piperazine rings is 1. The van der Waals surface area contributed by atoms with Gasteiger partial charge >= 0.3 is 12.1 Å². The normalized spacial score (nSPS) is 15.8. The van der Waals surface area contributed by atoms with E-state index in [1.807, 2.05) is 26.0 Å². The van der Waals surface area contributed by atoms with Gasteiger partial charge in [0.15, 0.2) is 5.60 Å². The van der Waals surface area contributed by atoms with Gasteiger partial charge in [0.2, 0.25) is 0 Å². The van der Waals surface area contributed by atoms with Crippen molar-refractivity contribution in [2.75, 3.05) is 32.8 Å². The monoisotopic (exact) mass is 492 g/mol. The zero-order chi connectivity index (χ0) is 25.8. The second kappa shape index (κ2) is 11.0. The number of alkyl halides is 3. The first-order valence-electron chi connectivity index (χ1n) is 12.0. The van der Waals surface area contributed by atoms with Crippen molar-refractivity contribution in [3.8, 4) is 5.75 Å². The lowest BCUT2D eigenvalue weighted by Gasteiger charge is -2.35. The fourth-order valence-corrected chi connectivity index (χ4v) is 4.29. The first-order valence-corrected chi connectivity index (χ1v) is 12.0. The summed E-state index contributed by atoms with van der Waals surface area (Å²) in [5.41, 5.74) is 2.65. The van der Waals surface area contributed by atoms with Gasteiger partial charge < -0.3 is 9.47 Å². The smallest absolute Gasteiger partial charge is 0.416 e. The molecule has 2 aromatic carbocycles. The van der Waals surface area contributed by atoms with Crippen LogP contribution in [0.25, 0.3) is 0 Å². The van der Waals surface area contributed by atoms with Crippen molar-refractivity contribution in [2.24, 2.45) is 0 Å². The lowest BCUT2D eigenvalue weighted by molar-refractivity contribution is -0.158. The van der Waals surface area contributed by atoms with Crippen LogP contribution in [0.15, 0.2) is 36.4 Å². The Balaban J connectivity index is 1.55. The number of carbonyl (C=O) groups excluding carboxylic acids is 1. The second-order valence-electron chi connectivity index (χ2n) is 9.62. The van der Waals surface area contributed by atoms with Crippen molar-refractivity contribution in [2.45, 2.75) is 59.5 Å². The van der Waals surface area contributed by atoms with E-state index in [9.17, 15) is 18.0 Å². The topological polar surface area (TPSA) is 42.0 Å². The Labute approximate surface area is 205 Å². The van der Waals surface area contributed by atoms with E-state index in [4.69, 9.17) is 9.47 Å². The number of halogens is 3. The molecule has 2 aromatic rings. The highest BCUT2D eigenvalue weighted by atomic mass is 19.4. The average Bonchev–Trinajstić information content (AvgIpc) is 2.77. The number of hydrogen-bond donors (Lipinski definition) is 0. The number of ether oxygens (including phenoxy) is 2. The molecule has 0 aromatic heterocycles. The SMILES string of the molecule is CCOC(=O)C(C)(C)Oc1cc(C)c(CN2CCN(Cc3ccc(C(F)(F)F)cc3)CC2)c(C)c1. The van der Waals surface area contributed by atoms with E-state index in [-0.39, 0.29) is 0 Å². The molecule has 0 N–H and O–H groups in total. The van der Waals surface area contributed by atoms with Gasteiger partial charge in [-0.1, -0.05) is 12.1 Å². The van der Waals surface area contributed by atoms with Gasteiger partial charge in [-0.25, -0.2) is 4.79 Å². The van der Waals surface area contributed by atoms with E-state index in [1.54, 1.807) is 32.9 Å². The van der Waals surface area contributed by atoms with Crippen molar-refractivity contribution >= 4 is 5.97 Å². The van der Waals surface area contributed by atoms with Crippen LogP contribution in [0, 0.1) is 13.8 Å². The zero-order valence-electron chi connectivity index (χ0n) is 21.2. The lowest BCUT2D eigenvalue weighted by atomic mass is 10.0. The number of aryl methyl sites for hydroxylation is 2. The Morgan fingerprint density at radius 1 is 0.914 bits per heavy atom. The van der Waals surface area contributed by atoms with E-state index >= 15 is 0 Å². The molecule has 1 aliphatic heterocycles. The molecule has 0 atom stereocenters. The molecule has 0 spiro atoms. The van der Waals surface area contributed by atoms with E-state index < -0.39 is 23.3 Å². The van der Waals surface area contributed by atoms with Crippen LogP contribution < -0.4 is 4.74 Å². The van der Waals surface area contributed by atoms with Gasteiger partial charge in [-0.15, -0.1) is 0 Å². The van der Waals surface area contributed by atoms with Crippen molar-refractivity contribution in [1.29, 1.82) is 0 Å². The third kappa shape index (κ3) is 7.21. The van der Waals surface area contributed by atoms with Crippen LogP contribution in [0.2, 0.25) is 0 Å². The standard InChI is InChI=1S/C27H35F3N2O3/c1-6-34-25(33)26(4,5)35-23-15-19(2)24(20(3)16-23)18-32-13-11-31(12-14-32)17-21-7-9-22(10-8-21)27(28,29)30/h7-10,15-16H,6,11-14,17-18H2,1-5H3. The van der Waals surface area contributed by atoms with Crippen LogP contribution in [-0.4, -0.2) is 54.2 Å². The number of carbonyl (C=O) groups is 1. The van der Waals surface area contributed by atoms with Gasteiger partial charge in [0.25, 0.3) is 0 Å². The molecule has 1 heterocycles. The number of hydrogen-bond acceptors (Lipinski definition) is 5. The molecule has 192 valence electrons. The summed E-state index contributed by atoms with van der Waals surface area (Å²) >= 11 is 0. The third-order valence-electron chi connectivity index (χ3n) is 6.34. The highest BCUT2D eigenvalue weighted by Crippen LogP contribution is 2.30. The Morgan fingerprint density at radius 3 is 1.91 bits per heavy atom. The van der Waals surface area contributed by atoms with Gasteiger partial charge in [-0.05, 0) is 81.1 Å². The summed E-state index contributed by atoms with van der Waals surface area (Å²) in [5.74, 6) is 0.247. The molecule has 0 radical (unpaired) electrons.